The highest BCUT2D eigenvalue weighted by atomic mass is 16.5. The number of nitrogens with one attached hydrogen (secondary N) is 2. The number of unbranched alkanes of at least 4 members (excludes halogenated alkanes) is 1. The van der Waals surface area contributed by atoms with E-state index in [4.69, 9.17) is 4.74 Å². The number of alkyl carbamates (subject to hydrolysis) is 1. The van der Waals surface area contributed by atoms with Gasteiger partial charge in [-0.1, -0.05) is 42.5 Å². The molecule has 2 rings (SSSR count). The number of ether oxygens (including phenoxy) is 1. The molecule has 0 aromatic heterocycles. The Morgan fingerprint density at radius 2 is 1.82 bits per heavy atom. The van der Waals surface area contributed by atoms with Crippen LogP contribution in [-0.4, -0.2) is 49.0 Å². The maximum atomic E-state index is 12.9. The van der Waals surface area contributed by atoms with Crippen molar-refractivity contribution in [2.24, 2.45) is 0 Å². The fourth-order valence-corrected chi connectivity index (χ4v) is 3.62. The van der Waals surface area contributed by atoms with E-state index in [-0.39, 0.29) is 18.4 Å². The molecule has 1 heterocycles. The Balaban J connectivity index is 1.74. The minimum Gasteiger partial charge on any atom is -0.445 e. The van der Waals surface area contributed by atoms with Crippen molar-refractivity contribution < 1.29 is 19.1 Å². The van der Waals surface area contributed by atoms with Crippen LogP contribution >= 0.6 is 0 Å². The first-order valence-corrected chi connectivity index (χ1v) is 12.0. The lowest BCUT2D eigenvalue weighted by Crippen LogP contribution is -2.47. The van der Waals surface area contributed by atoms with Crippen LogP contribution in [0.5, 0.6) is 0 Å². The molecule has 1 aromatic rings. The summed E-state index contributed by atoms with van der Waals surface area (Å²) in [5.74, 6) is -0.249. The second kappa shape index (κ2) is 15.9. The molecule has 181 valence electrons. The summed E-state index contributed by atoms with van der Waals surface area (Å²) in [6, 6.07) is 8.96. The summed E-state index contributed by atoms with van der Waals surface area (Å²) in [4.78, 5) is 38.8. The Kier molecular flexibility index (Phi) is 12.7. The van der Waals surface area contributed by atoms with Crippen LogP contribution in [0, 0.1) is 6.42 Å². The van der Waals surface area contributed by atoms with Gasteiger partial charge in [-0.2, -0.15) is 0 Å². The molecule has 1 aliphatic rings. The van der Waals surface area contributed by atoms with E-state index in [0.717, 1.165) is 37.7 Å². The third-order valence-corrected chi connectivity index (χ3v) is 5.58. The number of rotatable bonds is 7. The average Bonchev–Trinajstić information content (AvgIpc) is 2.82. The number of allylic oxidation sites excluding steroid dienone is 2. The largest absolute Gasteiger partial charge is 0.445 e. The molecular weight excluding hydrogens is 418 g/mol. The van der Waals surface area contributed by atoms with Crippen molar-refractivity contribution in [2.75, 3.05) is 20.1 Å². The lowest BCUT2D eigenvalue weighted by atomic mass is 10.1. The van der Waals surface area contributed by atoms with E-state index < -0.39 is 12.1 Å². The number of hydrogen-bond donors (Lipinski definition) is 2. The van der Waals surface area contributed by atoms with Crippen molar-refractivity contribution in [1.29, 1.82) is 0 Å². The highest BCUT2D eigenvalue weighted by Crippen LogP contribution is 2.09. The van der Waals surface area contributed by atoms with E-state index in [1.165, 1.54) is 0 Å². The van der Waals surface area contributed by atoms with E-state index in [0.29, 0.717) is 38.8 Å². The molecule has 0 aliphatic carbocycles. The fraction of sp³-hybridized carbons (Fsp3) is 0.538. The van der Waals surface area contributed by atoms with Crippen LogP contribution in [0.15, 0.2) is 42.5 Å². The molecule has 0 spiro atoms. The van der Waals surface area contributed by atoms with Crippen LogP contribution in [0.2, 0.25) is 0 Å². The number of carbonyl (C=O) groups excluding carboxylic acids is 3. The van der Waals surface area contributed by atoms with E-state index >= 15 is 0 Å². The minimum absolute atomic E-state index is 0.0580. The molecule has 0 unspecified atom stereocenters. The van der Waals surface area contributed by atoms with E-state index in [9.17, 15) is 14.4 Å². The molecule has 7 nitrogen and oxygen atoms in total. The van der Waals surface area contributed by atoms with Crippen LogP contribution in [0.3, 0.4) is 0 Å². The predicted molar refractivity (Wildman–Crippen MR) is 129 cm³/mol. The standard InChI is InChI=1S/C26H38N3O4/c1-29-20-14-7-5-3-2-4-6-11-18-24(30)28-23(25(29)31)17-12-13-19-27-26(32)33-21-22-15-9-8-10-16-22/h2-3,8-10,15-16,18,23H,4-7,11-14,17,19-21H2,1H3,(H,27,32)(H,28,30)/b3-2+/t23-/m0/s1. The molecule has 0 bridgehead atoms. The Morgan fingerprint density at radius 3 is 2.61 bits per heavy atom. The van der Waals surface area contributed by atoms with Crippen molar-refractivity contribution in [1.82, 2.24) is 15.5 Å². The van der Waals surface area contributed by atoms with Crippen LogP contribution in [-0.2, 0) is 20.9 Å². The smallest absolute Gasteiger partial charge is 0.407 e. The number of amides is 3. The van der Waals surface area contributed by atoms with Crippen LogP contribution in [0.4, 0.5) is 4.79 Å². The van der Waals surface area contributed by atoms with Gasteiger partial charge in [0.15, 0.2) is 0 Å². The van der Waals surface area contributed by atoms with Gasteiger partial charge in [-0.3, -0.25) is 9.59 Å². The topological polar surface area (TPSA) is 87.7 Å². The molecule has 0 saturated heterocycles. The summed E-state index contributed by atoms with van der Waals surface area (Å²) in [5, 5.41) is 5.63. The van der Waals surface area contributed by atoms with Crippen LogP contribution in [0.1, 0.15) is 63.4 Å². The first kappa shape index (κ1) is 26.4. The molecule has 0 saturated carbocycles. The van der Waals surface area contributed by atoms with Crippen molar-refractivity contribution in [2.45, 2.75) is 70.4 Å². The zero-order chi connectivity index (χ0) is 23.7. The maximum absolute atomic E-state index is 12.9. The Labute approximate surface area is 197 Å². The molecule has 33 heavy (non-hydrogen) atoms. The first-order chi connectivity index (χ1) is 16.1. The summed E-state index contributed by atoms with van der Waals surface area (Å²) >= 11 is 0. The van der Waals surface area contributed by atoms with Crippen molar-refractivity contribution in [3.8, 4) is 0 Å². The number of nitrogens with zero attached hydrogens (tertiary/aromatic N) is 1. The maximum Gasteiger partial charge on any atom is 0.407 e. The second-order valence-corrected chi connectivity index (χ2v) is 8.41. The monoisotopic (exact) mass is 456 g/mol. The van der Waals surface area contributed by atoms with E-state index in [2.05, 4.69) is 22.8 Å². The van der Waals surface area contributed by atoms with Gasteiger partial charge in [0.1, 0.15) is 12.6 Å². The summed E-state index contributed by atoms with van der Waals surface area (Å²) in [5.41, 5.74) is 0.934. The Bertz CT molecular complexity index is 751. The van der Waals surface area contributed by atoms with Crippen LogP contribution < -0.4 is 10.6 Å². The molecule has 1 atom stereocenters. The van der Waals surface area contributed by atoms with Gasteiger partial charge < -0.3 is 20.3 Å². The number of likely N-dealkylation sites (N-methyl/N-ethyl adjacent to an activating group) is 1. The predicted octanol–water partition coefficient (Wildman–Crippen LogP) is 4.14. The summed E-state index contributed by atoms with van der Waals surface area (Å²) < 4.78 is 5.20. The van der Waals surface area contributed by atoms with Gasteiger partial charge in [0, 0.05) is 26.6 Å². The Morgan fingerprint density at radius 1 is 1.06 bits per heavy atom. The van der Waals surface area contributed by atoms with E-state index in [1.807, 2.05) is 30.3 Å². The summed E-state index contributed by atoms with van der Waals surface area (Å²) in [6.45, 7) is 1.36. The van der Waals surface area contributed by atoms with E-state index in [1.54, 1.807) is 18.4 Å². The van der Waals surface area contributed by atoms with Gasteiger partial charge in [-0.15, -0.1) is 0 Å². The molecule has 3 amide bonds. The van der Waals surface area contributed by atoms with Crippen LogP contribution in [0.25, 0.3) is 0 Å². The molecule has 1 aromatic carbocycles. The normalized spacial score (nSPS) is 19.7. The number of benzene rings is 1. The molecule has 2 N–H and O–H groups in total. The van der Waals surface area contributed by atoms with Gasteiger partial charge in [-0.05, 0) is 63.4 Å². The van der Waals surface area contributed by atoms with Gasteiger partial charge in [0.2, 0.25) is 11.8 Å². The highest BCUT2D eigenvalue weighted by Gasteiger charge is 2.23. The third kappa shape index (κ3) is 11.6. The van der Waals surface area contributed by atoms with Gasteiger partial charge in [0.25, 0.3) is 0 Å². The van der Waals surface area contributed by atoms with Gasteiger partial charge in [0.05, 0.1) is 0 Å². The zero-order valence-corrected chi connectivity index (χ0v) is 19.8. The second-order valence-electron chi connectivity index (χ2n) is 8.41. The molecule has 7 heteroatoms. The van der Waals surface area contributed by atoms with Crippen molar-refractivity contribution in [3.05, 3.63) is 54.5 Å². The first-order valence-electron chi connectivity index (χ1n) is 12.0. The third-order valence-electron chi connectivity index (χ3n) is 5.58. The SMILES string of the molecule is CN1CCCC/C=C/CCC[CH]C(=O)N[C@@H](CCCCNC(=O)OCc2ccccc2)C1=O. The molecular formula is C26H38N3O4. The quantitative estimate of drug-likeness (QED) is 0.477. The molecule has 0 fully saturated rings. The van der Waals surface area contributed by atoms with Crippen molar-refractivity contribution >= 4 is 17.9 Å². The Hall–Kier alpha value is -2.83. The highest BCUT2D eigenvalue weighted by molar-refractivity contribution is 5.91. The minimum atomic E-state index is -0.549. The summed E-state index contributed by atoms with van der Waals surface area (Å²) in [7, 11) is 1.80. The lowest BCUT2D eigenvalue weighted by molar-refractivity contribution is -0.135. The number of hydrogen-bond acceptors (Lipinski definition) is 4. The van der Waals surface area contributed by atoms with Crippen molar-refractivity contribution in [3.63, 3.8) is 0 Å². The van der Waals surface area contributed by atoms with Gasteiger partial charge >= 0.3 is 6.09 Å². The molecule has 1 aliphatic heterocycles. The number of carbonyl (C=O) groups is 3. The zero-order valence-electron chi connectivity index (χ0n) is 19.8. The average molecular weight is 457 g/mol. The fourth-order valence-electron chi connectivity index (χ4n) is 3.62. The lowest BCUT2D eigenvalue weighted by Gasteiger charge is -2.25. The molecule has 1 radical (unpaired) electrons. The summed E-state index contributed by atoms with van der Waals surface area (Å²) in [6.07, 6.45) is 13.1. The van der Waals surface area contributed by atoms with Gasteiger partial charge in [-0.25, -0.2) is 4.79 Å².